The molecule has 0 unspecified atom stereocenters. The molecule has 0 spiro atoms. The summed E-state index contributed by atoms with van der Waals surface area (Å²) in [5, 5.41) is 11.5. The number of amides is 1. The molecule has 2 aromatic rings. The Kier molecular flexibility index (Phi) is 22.5. The summed E-state index contributed by atoms with van der Waals surface area (Å²) in [6, 6.07) is 16.8. The van der Waals surface area contributed by atoms with Crippen molar-refractivity contribution in [3.05, 3.63) is 54.1 Å². The summed E-state index contributed by atoms with van der Waals surface area (Å²) in [6.07, 6.45) is 14.3. The van der Waals surface area contributed by atoms with E-state index in [0.717, 1.165) is 55.8 Å². The molecule has 0 aliphatic carbocycles. The number of aryl methyl sites for hydroxylation is 1. The first-order chi connectivity index (χ1) is 23.0. The first-order valence-electron chi connectivity index (χ1n) is 18.1. The average Bonchev–Trinajstić information content (AvgIpc) is 3.08. The van der Waals surface area contributed by atoms with Gasteiger partial charge in [-0.1, -0.05) is 70.4 Å². The highest BCUT2D eigenvalue weighted by atomic mass is 28.4. The van der Waals surface area contributed by atoms with Gasteiger partial charge in [-0.15, -0.1) is 0 Å². The van der Waals surface area contributed by atoms with Gasteiger partial charge in [-0.3, -0.25) is 0 Å². The number of azo groups is 1. The van der Waals surface area contributed by atoms with Crippen molar-refractivity contribution >= 4 is 26.3 Å². The number of alkyl carbamates (subject to hydrolysis) is 1. The SMILES string of the molecule is CCCCc1ccc(N=Nc2ccc(OCCCCCCCCCCCOC(=O)NCCC[Si](OCC)(OCC)OCC)cc2)cc1. The number of unbranched alkanes of at least 4 members (excludes halogenated alkanes) is 9. The number of nitrogens with zero attached hydrogens (tertiary/aromatic N) is 2. The van der Waals surface area contributed by atoms with Gasteiger partial charge in [-0.05, 0) is 94.8 Å². The van der Waals surface area contributed by atoms with Crippen molar-refractivity contribution in [2.45, 2.75) is 117 Å². The zero-order valence-electron chi connectivity index (χ0n) is 29.6. The average molecular weight is 672 g/mol. The second kappa shape index (κ2) is 26.2. The number of benzene rings is 2. The van der Waals surface area contributed by atoms with Crippen LogP contribution in [0.5, 0.6) is 5.75 Å². The van der Waals surface area contributed by atoms with Gasteiger partial charge in [0.2, 0.25) is 0 Å². The third-order valence-electron chi connectivity index (χ3n) is 7.69. The molecule has 47 heavy (non-hydrogen) atoms. The smallest absolute Gasteiger partial charge is 0.494 e. The van der Waals surface area contributed by atoms with E-state index in [1.165, 1.54) is 56.9 Å². The lowest BCUT2D eigenvalue weighted by Gasteiger charge is -2.28. The van der Waals surface area contributed by atoms with Gasteiger partial charge in [-0.2, -0.15) is 10.2 Å². The molecule has 9 nitrogen and oxygen atoms in total. The predicted octanol–water partition coefficient (Wildman–Crippen LogP) is 10.5. The Balaban J connectivity index is 1.41. The standard InChI is InChI=1S/C37H61N3O6Si/c1-5-9-20-33-21-23-34(24-22-33)39-40-35-25-27-36(28-26-35)42-30-17-15-13-11-10-12-14-16-18-31-43-37(41)38-29-19-32-47(44-6-2,45-7-3)46-8-4/h21-28H,5-20,29-32H2,1-4H3,(H,38,41). The zero-order chi connectivity index (χ0) is 33.8. The molecule has 0 atom stereocenters. The summed E-state index contributed by atoms with van der Waals surface area (Å²) >= 11 is 0. The lowest BCUT2D eigenvalue weighted by atomic mass is 10.1. The second-order valence-corrected chi connectivity index (χ2v) is 14.4. The van der Waals surface area contributed by atoms with E-state index in [0.29, 0.717) is 39.0 Å². The van der Waals surface area contributed by atoms with Crippen LogP contribution in [0.15, 0.2) is 58.8 Å². The molecular weight excluding hydrogens is 611 g/mol. The van der Waals surface area contributed by atoms with Crippen molar-refractivity contribution in [2.24, 2.45) is 10.2 Å². The Morgan fingerprint density at radius 2 is 1.15 bits per heavy atom. The number of nitrogens with one attached hydrogen (secondary N) is 1. The van der Waals surface area contributed by atoms with Crippen LogP contribution in [0.2, 0.25) is 6.04 Å². The highest BCUT2D eigenvalue weighted by molar-refractivity contribution is 6.60. The summed E-state index contributed by atoms with van der Waals surface area (Å²) in [7, 11) is -2.66. The molecule has 0 saturated heterocycles. The van der Waals surface area contributed by atoms with Crippen LogP contribution in [0.3, 0.4) is 0 Å². The highest BCUT2D eigenvalue weighted by Gasteiger charge is 2.39. The van der Waals surface area contributed by atoms with Gasteiger partial charge in [-0.25, -0.2) is 4.79 Å². The zero-order valence-corrected chi connectivity index (χ0v) is 30.6. The molecule has 0 bridgehead atoms. The van der Waals surface area contributed by atoms with Gasteiger partial charge < -0.3 is 28.1 Å². The molecule has 0 saturated carbocycles. The minimum absolute atomic E-state index is 0.358. The fraction of sp³-hybridized carbons (Fsp3) is 0.649. The predicted molar refractivity (Wildman–Crippen MR) is 192 cm³/mol. The fourth-order valence-corrected chi connectivity index (χ4v) is 7.79. The third-order valence-corrected chi connectivity index (χ3v) is 10.8. The van der Waals surface area contributed by atoms with Crippen LogP contribution in [0.25, 0.3) is 0 Å². The molecule has 10 heteroatoms. The van der Waals surface area contributed by atoms with Crippen LogP contribution in [-0.4, -0.2) is 54.5 Å². The normalized spacial score (nSPS) is 11.7. The molecule has 2 aromatic carbocycles. The Morgan fingerprint density at radius 3 is 1.68 bits per heavy atom. The van der Waals surface area contributed by atoms with E-state index in [2.05, 4.69) is 34.6 Å². The minimum atomic E-state index is -2.66. The number of carbonyl (C=O) groups is 1. The van der Waals surface area contributed by atoms with E-state index in [4.69, 9.17) is 22.8 Å². The van der Waals surface area contributed by atoms with Crippen LogP contribution in [0, 0.1) is 0 Å². The van der Waals surface area contributed by atoms with E-state index >= 15 is 0 Å². The largest absolute Gasteiger partial charge is 0.500 e. The van der Waals surface area contributed by atoms with Gasteiger partial charge >= 0.3 is 14.9 Å². The minimum Gasteiger partial charge on any atom is -0.494 e. The summed E-state index contributed by atoms with van der Waals surface area (Å²) in [5.41, 5.74) is 3.04. The maximum Gasteiger partial charge on any atom is 0.500 e. The summed E-state index contributed by atoms with van der Waals surface area (Å²) in [6.45, 7) is 11.4. The lowest BCUT2D eigenvalue weighted by Crippen LogP contribution is -2.46. The molecule has 0 aromatic heterocycles. The van der Waals surface area contributed by atoms with Gasteiger partial charge in [0.05, 0.1) is 24.6 Å². The molecular formula is C37H61N3O6Si. The number of rotatable bonds is 28. The highest BCUT2D eigenvalue weighted by Crippen LogP contribution is 2.22. The maximum absolute atomic E-state index is 12.0. The van der Waals surface area contributed by atoms with E-state index < -0.39 is 8.80 Å². The Morgan fingerprint density at radius 1 is 0.638 bits per heavy atom. The molecule has 0 fully saturated rings. The maximum atomic E-state index is 12.0. The first-order valence-corrected chi connectivity index (χ1v) is 20.0. The summed E-state index contributed by atoms with van der Waals surface area (Å²) in [4.78, 5) is 12.0. The van der Waals surface area contributed by atoms with Gasteiger partial charge in [0.25, 0.3) is 0 Å². The van der Waals surface area contributed by atoms with Crippen molar-refractivity contribution in [3.63, 3.8) is 0 Å². The van der Waals surface area contributed by atoms with Crippen LogP contribution >= 0.6 is 0 Å². The number of hydrogen-bond acceptors (Lipinski definition) is 8. The van der Waals surface area contributed by atoms with E-state index in [1.807, 2.05) is 57.2 Å². The molecule has 0 radical (unpaired) electrons. The van der Waals surface area contributed by atoms with E-state index in [1.54, 1.807) is 0 Å². The second-order valence-electron chi connectivity index (χ2n) is 11.6. The monoisotopic (exact) mass is 671 g/mol. The van der Waals surface area contributed by atoms with E-state index in [9.17, 15) is 4.79 Å². The van der Waals surface area contributed by atoms with E-state index in [-0.39, 0.29) is 6.09 Å². The fourth-order valence-electron chi connectivity index (χ4n) is 5.18. The number of hydrogen-bond donors (Lipinski definition) is 1. The van der Waals surface area contributed by atoms with Crippen molar-refractivity contribution < 1.29 is 27.5 Å². The first kappa shape index (κ1) is 40.4. The summed E-state index contributed by atoms with van der Waals surface area (Å²) < 4.78 is 28.8. The van der Waals surface area contributed by atoms with Gasteiger partial charge in [0.15, 0.2) is 0 Å². The van der Waals surface area contributed by atoms with Crippen LogP contribution in [-0.2, 0) is 24.4 Å². The summed E-state index contributed by atoms with van der Waals surface area (Å²) in [5.74, 6) is 0.871. The lowest BCUT2D eigenvalue weighted by molar-refractivity contribution is 0.0706. The Bertz CT molecular complexity index is 1070. The van der Waals surface area contributed by atoms with Gasteiger partial charge in [0, 0.05) is 32.4 Å². The quantitative estimate of drug-likeness (QED) is 0.0549. The Labute approximate surface area is 285 Å². The van der Waals surface area contributed by atoms with Crippen molar-refractivity contribution in [2.75, 3.05) is 39.6 Å². The van der Waals surface area contributed by atoms with Crippen molar-refractivity contribution in [1.82, 2.24) is 5.32 Å². The number of ether oxygens (including phenoxy) is 2. The molecule has 1 N–H and O–H groups in total. The van der Waals surface area contributed by atoms with Crippen molar-refractivity contribution in [3.8, 4) is 5.75 Å². The van der Waals surface area contributed by atoms with Gasteiger partial charge in [0.1, 0.15) is 5.75 Å². The molecule has 0 aliphatic heterocycles. The molecule has 1 amide bonds. The molecule has 264 valence electrons. The molecule has 2 rings (SSSR count). The molecule has 0 aliphatic rings. The van der Waals surface area contributed by atoms with Crippen LogP contribution in [0.1, 0.15) is 110 Å². The number of carbonyl (C=O) groups excluding carboxylic acids is 1. The van der Waals surface area contributed by atoms with Crippen molar-refractivity contribution in [1.29, 1.82) is 0 Å². The Hall–Kier alpha value is -2.79. The topological polar surface area (TPSA) is 100.0 Å². The molecule has 0 heterocycles. The van der Waals surface area contributed by atoms with Crippen LogP contribution in [0.4, 0.5) is 16.2 Å². The third kappa shape index (κ3) is 19.0. The van der Waals surface area contributed by atoms with Crippen LogP contribution < -0.4 is 10.1 Å².